The SMILES string of the molecule is CCCCc1nc(CCCC2CCCCC2)nn1Cc1ccc(-c2ccccc2-c2nnn[nH]2)cc1. The van der Waals surface area contributed by atoms with Crippen LogP contribution in [0.2, 0.25) is 0 Å². The fraction of sp³-hybridized carbons (Fsp3) is 0.483. The topological polar surface area (TPSA) is 85.2 Å². The molecule has 4 aromatic rings. The minimum absolute atomic E-state index is 0.675. The lowest BCUT2D eigenvalue weighted by Gasteiger charge is -2.20. The summed E-state index contributed by atoms with van der Waals surface area (Å²) in [5.74, 6) is 3.73. The second-order valence-electron chi connectivity index (χ2n) is 10.1. The molecule has 1 fully saturated rings. The highest BCUT2D eigenvalue weighted by Gasteiger charge is 2.15. The van der Waals surface area contributed by atoms with Gasteiger partial charge in [-0.1, -0.05) is 100 Å². The predicted octanol–water partition coefficient (Wildman–Crippen LogP) is 6.42. The first-order valence-electron chi connectivity index (χ1n) is 13.6. The number of hydrogen-bond acceptors (Lipinski definition) is 5. The molecule has 0 bridgehead atoms. The Morgan fingerprint density at radius 3 is 2.47 bits per heavy atom. The monoisotopic (exact) mass is 483 g/mol. The van der Waals surface area contributed by atoms with E-state index in [0.29, 0.717) is 5.82 Å². The molecule has 36 heavy (non-hydrogen) atoms. The molecular weight excluding hydrogens is 446 g/mol. The Morgan fingerprint density at radius 1 is 0.917 bits per heavy atom. The van der Waals surface area contributed by atoms with Gasteiger partial charge in [0.15, 0.2) is 11.6 Å². The van der Waals surface area contributed by atoms with Crippen molar-refractivity contribution in [1.82, 2.24) is 35.4 Å². The van der Waals surface area contributed by atoms with E-state index in [-0.39, 0.29) is 0 Å². The van der Waals surface area contributed by atoms with Crippen molar-refractivity contribution >= 4 is 0 Å². The van der Waals surface area contributed by atoms with Crippen molar-refractivity contribution in [3.63, 3.8) is 0 Å². The van der Waals surface area contributed by atoms with E-state index < -0.39 is 0 Å². The normalized spacial score (nSPS) is 14.4. The highest BCUT2D eigenvalue weighted by molar-refractivity contribution is 5.80. The summed E-state index contributed by atoms with van der Waals surface area (Å²) in [5.41, 5.74) is 4.46. The predicted molar refractivity (Wildman–Crippen MR) is 142 cm³/mol. The van der Waals surface area contributed by atoms with E-state index in [0.717, 1.165) is 60.1 Å². The quantitative estimate of drug-likeness (QED) is 0.266. The van der Waals surface area contributed by atoms with Crippen LogP contribution in [-0.4, -0.2) is 35.4 Å². The van der Waals surface area contributed by atoms with Crippen molar-refractivity contribution in [2.24, 2.45) is 5.92 Å². The van der Waals surface area contributed by atoms with Crippen molar-refractivity contribution < 1.29 is 0 Å². The van der Waals surface area contributed by atoms with Crippen LogP contribution in [0.25, 0.3) is 22.5 Å². The molecule has 0 amide bonds. The van der Waals surface area contributed by atoms with Gasteiger partial charge in [0.1, 0.15) is 5.82 Å². The molecule has 0 unspecified atom stereocenters. The molecule has 0 spiro atoms. The lowest BCUT2D eigenvalue weighted by Crippen LogP contribution is -2.07. The summed E-state index contributed by atoms with van der Waals surface area (Å²) in [6, 6.07) is 16.9. The average molecular weight is 484 g/mol. The first-order valence-corrected chi connectivity index (χ1v) is 13.6. The van der Waals surface area contributed by atoms with Gasteiger partial charge in [-0.3, -0.25) is 0 Å². The summed E-state index contributed by atoms with van der Waals surface area (Å²) in [5, 5.41) is 19.4. The van der Waals surface area contributed by atoms with Crippen LogP contribution in [0, 0.1) is 5.92 Å². The molecule has 2 aromatic heterocycles. The van der Waals surface area contributed by atoms with E-state index in [4.69, 9.17) is 10.1 Å². The second kappa shape index (κ2) is 12.1. The molecule has 0 radical (unpaired) electrons. The van der Waals surface area contributed by atoms with Crippen LogP contribution in [0.3, 0.4) is 0 Å². The molecule has 188 valence electrons. The van der Waals surface area contributed by atoms with Crippen molar-refractivity contribution in [2.75, 3.05) is 0 Å². The summed E-state index contributed by atoms with van der Waals surface area (Å²) in [4.78, 5) is 4.96. The Labute approximate surface area is 213 Å². The molecule has 7 heteroatoms. The van der Waals surface area contributed by atoms with Crippen molar-refractivity contribution in [3.05, 3.63) is 65.7 Å². The number of rotatable bonds is 11. The van der Waals surface area contributed by atoms with Crippen molar-refractivity contribution in [2.45, 2.75) is 84.1 Å². The number of nitrogens with zero attached hydrogens (tertiary/aromatic N) is 6. The van der Waals surface area contributed by atoms with Gasteiger partial charge < -0.3 is 0 Å². The number of tetrazole rings is 1. The number of aryl methyl sites for hydroxylation is 2. The average Bonchev–Trinajstić information content (AvgIpc) is 3.59. The molecule has 1 saturated carbocycles. The molecular formula is C29H37N7. The highest BCUT2D eigenvalue weighted by atomic mass is 15.5. The zero-order valence-corrected chi connectivity index (χ0v) is 21.4. The Morgan fingerprint density at radius 2 is 1.72 bits per heavy atom. The molecule has 2 aromatic carbocycles. The first kappa shape index (κ1) is 24.3. The molecule has 1 aliphatic rings. The lowest BCUT2D eigenvalue weighted by molar-refractivity contribution is 0.332. The minimum Gasteiger partial charge on any atom is -0.245 e. The van der Waals surface area contributed by atoms with Crippen LogP contribution in [0.15, 0.2) is 48.5 Å². The Bertz CT molecular complexity index is 1200. The van der Waals surface area contributed by atoms with Crippen LogP contribution < -0.4 is 0 Å². The maximum atomic E-state index is 4.96. The molecule has 0 atom stereocenters. The van der Waals surface area contributed by atoms with Gasteiger partial charge >= 0.3 is 0 Å². The van der Waals surface area contributed by atoms with E-state index in [1.54, 1.807) is 0 Å². The second-order valence-corrected chi connectivity index (χ2v) is 10.1. The number of H-pyrrole nitrogens is 1. The standard InChI is InChI=1S/C29H37N7/c1-2-3-16-28-30-27(15-9-12-22-10-5-4-6-11-22)33-36(28)21-23-17-19-24(20-18-23)25-13-7-8-14-26(25)29-31-34-35-32-29/h7-8,13-14,17-20,22H,2-6,9-12,15-16,21H2,1H3,(H,31,32,34,35). The number of nitrogens with one attached hydrogen (secondary N) is 1. The molecule has 0 aliphatic heterocycles. The third-order valence-corrected chi connectivity index (χ3v) is 7.41. The molecule has 2 heterocycles. The highest BCUT2D eigenvalue weighted by Crippen LogP contribution is 2.30. The van der Waals surface area contributed by atoms with Crippen LogP contribution in [0.4, 0.5) is 0 Å². The van der Waals surface area contributed by atoms with E-state index >= 15 is 0 Å². The molecule has 1 aliphatic carbocycles. The molecule has 5 rings (SSSR count). The van der Waals surface area contributed by atoms with Gasteiger partial charge in [0.2, 0.25) is 0 Å². The lowest BCUT2D eigenvalue weighted by atomic mass is 9.86. The van der Waals surface area contributed by atoms with Crippen molar-refractivity contribution in [1.29, 1.82) is 0 Å². The van der Waals surface area contributed by atoms with Crippen LogP contribution in [0.5, 0.6) is 0 Å². The van der Waals surface area contributed by atoms with Gasteiger partial charge in [-0.15, -0.1) is 5.10 Å². The summed E-state index contributed by atoms with van der Waals surface area (Å²) in [6.07, 6.45) is 13.9. The van der Waals surface area contributed by atoms with E-state index in [1.807, 2.05) is 18.2 Å². The molecule has 1 N–H and O–H groups in total. The molecule has 0 saturated heterocycles. The minimum atomic E-state index is 0.675. The summed E-state index contributed by atoms with van der Waals surface area (Å²) in [6.45, 7) is 2.99. The van der Waals surface area contributed by atoms with Gasteiger partial charge in [-0.25, -0.2) is 14.8 Å². The summed E-state index contributed by atoms with van der Waals surface area (Å²) in [7, 11) is 0. The van der Waals surface area contributed by atoms with Gasteiger partial charge in [0, 0.05) is 18.4 Å². The van der Waals surface area contributed by atoms with Crippen LogP contribution in [-0.2, 0) is 19.4 Å². The van der Waals surface area contributed by atoms with Gasteiger partial charge in [0.05, 0.1) is 6.54 Å². The summed E-state index contributed by atoms with van der Waals surface area (Å²) < 4.78 is 2.13. The third-order valence-electron chi connectivity index (χ3n) is 7.41. The zero-order valence-electron chi connectivity index (χ0n) is 21.4. The largest absolute Gasteiger partial charge is 0.245 e. The first-order chi connectivity index (χ1) is 17.8. The van der Waals surface area contributed by atoms with Gasteiger partial charge in [-0.05, 0) is 45.9 Å². The van der Waals surface area contributed by atoms with E-state index in [9.17, 15) is 0 Å². The number of aromatic amines is 1. The zero-order chi connectivity index (χ0) is 24.6. The number of benzene rings is 2. The Hall–Kier alpha value is -3.35. The Balaban J connectivity index is 1.27. The van der Waals surface area contributed by atoms with E-state index in [1.165, 1.54) is 56.9 Å². The fourth-order valence-corrected chi connectivity index (χ4v) is 5.38. The summed E-state index contributed by atoms with van der Waals surface area (Å²) >= 11 is 0. The van der Waals surface area contributed by atoms with E-state index in [2.05, 4.69) is 62.6 Å². The van der Waals surface area contributed by atoms with Gasteiger partial charge in [0.25, 0.3) is 0 Å². The van der Waals surface area contributed by atoms with Crippen molar-refractivity contribution in [3.8, 4) is 22.5 Å². The smallest absolute Gasteiger partial charge is 0.180 e. The Kier molecular flexibility index (Phi) is 8.16. The molecule has 7 nitrogen and oxygen atoms in total. The number of aromatic nitrogens is 7. The number of hydrogen-bond donors (Lipinski definition) is 1. The third kappa shape index (κ3) is 6.07. The fourth-order valence-electron chi connectivity index (χ4n) is 5.38. The van der Waals surface area contributed by atoms with Crippen LogP contribution in [0.1, 0.15) is 81.9 Å². The maximum absolute atomic E-state index is 4.96. The number of unbranched alkanes of at least 4 members (excludes halogenated alkanes) is 1. The van der Waals surface area contributed by atoms with Gasteiger partial charge in [-0.2, -0.15) is 5.10 Å². The maximum Gasteiger partial charge on any atom is 0.180 e. The van der Waals surface area contributed by atoms with Crippen LogP contribution >= 0.6 is 0 Å².